The predicted octanol–water partition coefficient (Wildman–Crippen LogP) is 1.19. The lowest BCUT2D eigenvalue weighted by Crippen LogP contribution is -3.11. The topological polar surface area (TPSA) is 63.1 Å². The van der Waals surface area contributed by atoms with Gasteiger partial charge >= 0.3 is 0 Å². The summed E-state index contributed by atoms with van der Waals surface area (Å²) in [5, 5.41) is 2.87. The number of ether oxygens (including phenoxy) is 1. The molecule has 2 N–H and O–H groups in total. The summed E-state index contributed by atoms with van der Waals surface area (Å²) in [6, 6.07) is 17.4. The fourth-order valence-electron chi connectivity index (χ4n) is 3.47. The Morgan fingerprint density at radius 1 is 1.11 bits per heavy atom. The van der Waals surface area contributed by atoms with Crippen LogP contribution in [0.25, 0.3) is 0 Å². The van der Waals surface area contributed by atoms with Crippen molar-refractivity contribution < 1.29 is 19.2 Å². The minimum atomic E-state index is -0.194. The minimum absolute atomic E-state index is 0.0283. The molecule has 2 aromatic carbocycles. The molecule has 0 spiro atoms. The van der Waals surface area contributed by atoms with Crippen molar-refractivity contribution >= 4 is 17.5 Å². The smallest absolute Gasteiger partial charge is 0.282 e. The number of quaternary nitrogens is 1. The lowest BCUT2D eigenvalue weighted by molar-refractivity contribution is -0.862. The number of carbonyl (C=O) groups is 2. The number of nitrogens with zero attached hydrogens (tertiary/aromatic N) is 1. The normalized spacial score (nSPS) is 16.9. The fraction of sp³-hybridized carbons (Fsp3) is 0.364. The van der Waals surface area contributed by atoms with Crippen molar-refractivity contribution in [2.24, 2.45) is 0 Å². The van der Waals surface area contributed by atoms with E-state index in [0.29, 0.717) is 12.4 Å². The third-order valence-corrected chi connectivity index (χ3v) is 4.65. The van der Waals surface area contributed by atoms with E-state index in [-0.39, 0.29) is 37.0 Å². The Labute approximate surface area is 166 Å². The molecule has 0 saturated heterocycles. The van der Waals surface area contributed by atoms with Crippen LogP contribution in [-0.2, 0) is 9.59 Å². The number of amides is 2. The molecule has 3 rings (SSSR count). The number of fused-ring (bicyclic) bond motifs is 1. The van der Waals surface area contributed by atoms with Crippen LogP contribution in [0.3, 0.4) is 0 Å². The minimum Gasteiger partial charge on any atom is -0.489 e. The summed E-state index contributed by atoms with van der Waals surface area (Å²) in [6.45, 7) is 4.73. The zero-order chi connectivity index (χ0) is 20.1. The summed E-state index contributed by atoms with van der Waals surface area (Å²) < 4.78 is 5.92. The molecule has 28 heavy (non-hydrogen) atoms. The van der Waals surface area contributed by atoms with Gasteiger partial charge in [-0.05, 0) is 31.5 Å². The number of nitrogens with one attached hydrogen (secondary N) is 2. The molecule has 1 unspecified atom stereocenters. The molecule has 0 fully saturated rings. The largest absolute Gasteiger partial charge is 0.489 e. The molecule has 2 aromatic rings. The Morgan fingerprint density at radius 3 is 2.50 bits per heavy atom. The maximum atomic E-state index is 13.3. The summed E-state index contributed by atoms with van der Waals surface area (Å²) >= 11 is 0. The quantitative estimate of drug-likeness (QED) is 0.789. The van der Waals surface area contributed by atoms with E-state index in [1.165, 1.54) is 0 Å². The molecule has 0 aliphatic carbocycles. The number of benzene rings is 2. The highest BCUT2D eigenvalue weighted by Crippen LogP contribution is 2.39. The molecule has 1 heterocycles. The second-order valence-corrected chi connectivity index (χ2v) is 7.50. The van der Waals surface area contributed by atoms with E-state index >= 15 is 0 Å². The second kappa shape index (κ2) is 8.89. The Kier molecular flexibility index (Phi) is 6.31. The summed E-state index contributed by atoms with van der Waals surface area (Å²) in [6.07, 6.45) is 0. The van der Waals surface area contributed by atoms with Gasteiger partial charge in [0.25, 0.3) is 11.8 Å². The Hall–Kier alpha value is -2.86. The predicted molar refractivity (Wildman–Crippen MR) is 109 cm³/mol. The van der Waals surface area contributed by atoms with Crippen LogP contribution in [0.4, 0.5) is 5.69 Å². The van der Waals surface area contributed by atoms with E-state index in [1.54, 1.807) is 0 Å². The maximum Gasteiger partial charge on any atom is 0.282 e. The van der Waals surface area contributed by atoms with E-state index in [4.69, 9.17) is 4.74 Å². The molecule has 6 nitrogen and oxygen atoms in total. The van der Waals surface area contributed by atoms with E-state index < -0.39 is 0 Å². The Balaban J connectivity index is 1.80. The highest BCUT2D eigenvalue weighted by atomic mass is 16.5. The third kappa shape index (κ3) is 4.70. The Morgan fingerprint density at radius 2 is 1.79 bits per heavy atom. The van der Waals surface area contributed by atoms with Gasteiger partial charge in [-0.1, -0.05) is 42.5 Å². The van der Waals surface area contributed by atoms with Gasteiger partial charge < -0.3 is 15.0 Å². The van der Waals surface area contributed by atoms with Crippen LogP contribution in [0.1, 0.15) is 25.5 Å². The van der Waals surface area contributed by atoms with E-state index in [0.717, 1.165) is 16.2 Å². The molecule has 148 valence electrons. The van der Waals surface area contributed by atoms with Gasteiger partial charge in [0.05, 0.1) is 18.8 Å². The molecular formula is C22H28N3O3+. The SMILES string of the molecule is CC(C)NC(=O)C[NH+](C)CC(=O)N1c2ccccc2OC[C@H]1c1ccccc1. The van der Waals surface area contributed by atoms with Crippen LogP contribution in [0.5, 0.6) is 5.75 Å². The van der Waals surface area contributed by atoms with Gasteiger partial charge in [-0.15, -0.1) is 0 Å². The zero-order valence-corrected chi connectivity index (χ0v) is 16.6. The van der Waals surface area contributed by atoms with Crippen molar-refractivity contribution in [3.8, 4) is 5.75 Å². The number of carbonyl (C=O) groups excluding carboxylic acids is 2. The summed E-state index contributed by atoms with van der Waals surface area (Å²) in [7, 11) is 1.86. The number of para-hydroxylation sites is 2. The first-order chi connectivity index (χ1) is 13.5. The van der Waals surface area contributed by atoms with E-state index in [2.05, 4.69) is 5.32 Å². The number of likely N-dealkylation sites (N-methyl/N-ethyl adjacent to an activating group) is 1. The van der Waals surface area contributed by atoms with Crippen LogP contribution >= 0.6 is 0 Å². The molecule has 0 aromatic heterocycles. The molecular weight excluding hydrogens is 354 g/mol. The summed E-state index contributed by atoms with van der Waals surface area (Å²) in [5.74, 6) is 0.625. The molecule has 1 aliphatic heterocycles. The van der Waals surface area contributed by atoms with Crippen molar-refractivity contribution in [1.82, 2.24) is 5.32 Å². The third-order valence-electron chi connectivity index (χ3n) is 4.65. The average Bonchev–Trinajstić information content (AvgIpc) is 2.66. The molecule has 2 amide bonds. The first kappa shape index (κ1) is 19.9. The molecule has 6 heteroatoms. The van der Waals surface area contributed by atoms with Gasteiger partial charge in [0, 0.05) is 6.04 Å². The van der Waals surface area contributed by atoms with Gasteiger partial charge in [0.1, 0.15) is 12.4 Å². The molecule has 0 bridgehead atoms. The highest BCUT2D eigenvalue weighted by molar-refractivity contribution is 5.97. The lowest BCUT2D eigenvalue weighted by Gasteiger charge is -2.37. The first-order valence-corrected chi connectivity index (χ1v) is 9.65. The van der Waals surface area contributed by atoms with Crippen molar-refractivity contribution in [3.63, 3.8) is 0 Å². The van der Waals surface area contributed by atoms with Crippen LogP contribution in [-0.4, -0.2) is 44.6 Å². The molecule has 0 saturated carbocycles. The van der Waals surface area contributed by atoms with Crippen molar-refractivity contribution in [3.05, 3.63) is 60.2 Å². The van der Waals surface area contributed by atoms with Gasteiger partial charge in [-0.3, -0.25) is 14.5 Å². The van der Waals surface area contributed by atoms with Crippen molar-refractivity contribution in [2.45, 2.75) is 25.9 Å². The lowest BCUT2D eigenvalue weighted by atomic mass is 10.0. The van der Waals surface area contributed by atoms with Crippen molar-refractivity contribution in [1.29, 1.82) is 0 Å². The number of rotatable bonds is 6. The standard InChI is InChI=1S/C22H27N3O3/c1-16(2)23-21(26)13-24(3)14-22(27)25-18-11-7-8-12-20(18)28-15-19(25)17-9-5-4-6-10-17/h4-12,16,19H,13-15H2,1-3H3,(H,23,26)/p+1/t19-/m0/s1. The number of anilines is 1. The molecule has 0 radical (unpaired) electrons. The van der Waals surface area contributed by atoms with Crippen LogP contribution in [0.2, 0.25) is 0 Å². The van der Waals surface area contributed by atoms with Gasteiger partial charge in [-0.25, -0.2) is 0 Å². The molecule has 2 atom stereocenters. The van der Waals surface area contributed by atoms with Crippen molar-refractivity contribution in [2.75, 3.05) is 31.6 Å². The number of hydrogen-bond donors (Lipinski definition) is 2. The second-order valence-electron chi connectivity index (χ2n) is 7.50. The number of hydrogen-bond acceptors (Lipinski definition) is 3. The van der Waals surface area contributed by atoms with Crippen LogP contribution in [0, 0.1) is 0 Å². The monoisotopic (exact) mass is 382 g/mol. The van der Waals surface area contributed by atoms with E-state index in [1.807, 2.05) is 80.4 Å². The van der Waals surface area contributed by atoms with Gasteiger partial charge in [0.15, 0.2) is 13.1 Å². The highest BCUT2D eigenvalue weighted by Gasteiger charge is 2.34. The summed E-state index contributed by atoms with van der Waals surface area (Å²) in [4.78, 5) is 28.0. The first-order valence-electron chi connectivity index (χ1n) is 9.65. The summed E-state index contributed by atoms with van der Waals surface area (Å²) in [5.41, 5.74) is 1.80. The van der Waals surface area contributed by atoms with Gasteiger partial charge in [-0.2, -0.15) is 0 Å². The van der Waals surface area contributed by atoms with Gasteiger partial charge in [0.2, 0.25) is 0 Å². The molecule has 1 aliphatic rings. The fourth-order valence-corrected chi connectivity index (χ4v) is 3.47. The average molecular weight is 382 g/mol. The van der Waals surface area contributed by atoms with Crippen LogP contribution in [0.15, 0.2) is 54.6 Å². The van der Waals surface area contributed by atoms with Crippen LogP contribution < -0.4 is 19.9 Å². The Bertz CT molecular complexity index is 823. The zero-order valence-electron chi connectivity index (χ0n) is 16.6. The van der Waals surface area contributed by atoms with E-state index in [9.17, 15) is 9.59 Å². The maximum absolute atomic E-state index is 13.3.